The summed E-state index contributed by atoms with van der Waals surface area (Å²) < 4.78 is 0. The van der Waals surface area contributed by atoms with E-state index in [9.17, 15) is 9.59 Å². The van der Waals surface area contributed by atoms with Crippen LogP contribution in [0.1, 0.15) is 20.3 Å². The fourth-order valence-electron chi connectivity index (χ4n) is 1.86. The number of amides is 1. The smallest absolute Gasteiger partial charge is 0.315 e. The Balaban J connectivity index is 2.33. The molecule has 0 aliphatic heterocycles. The van der Waals surface area contributed by atoms with Crippen molar-refractivity contribution in [2.45, 2.75) is 20.3 Å². The molecule has 0 spiro atoms. The van der Waals surface area contributed by atoms with Gasteiger partial charge in [0.2, 0.25) is 5.91 Å². The first-order chi connectivity index (χ1) is 9.56. The van der Waals surface area contributed by atoms with Crippen LogP contribution in [0.2, 0.25) is 0 Å². The Morgan fingerprint density at radius 2 is 1.95 bits per heavy atom. The number of hydrogen-bond donors (Lipinski definition) is 2. The van der Waals surface area contributed by atoms with Gasteiger partial charge in [0.05, 0.1) is 0 Å². The third-order valence-electron chi connectivity index (χ3n) is 3.17. The molecule has 0 aromatic heterocycles. The molecular formula is C15H22N2O3. The van der Waals surface area contributed by atoms with Crippen molar-refractivity contribution in [1.29, 1.82) is 0 Å². The lowest BCUT2D eigenvalue weighted by atomic mass is 10.1. The van der Waals surface area contributed by atoms with Crippen LogP contribution >= 0.6 is 0 Å². The lowest BCUT2D eigenvalue weighted by Gasteiger charge is -2.23. The van der Waals surface area contributed by atoms with E-state index in [1.54, 1.807) is 0 Å². The highest BCUT2D eigenvalue weighted by Crippen LogP contribution is 2.12. The van der Waals surface area contributed by atoms with E-state index in [1.165, 1.54) is 6.92 Å². The van der Waals surface area contributed by atoms with Crippen molar-refractivity contribution in [3.8, 4) is 0 Å². The monoisotopic (exact) mass is 278 g/mol. The van der Waals surface area contributed by atoms with E-state index in [0.29, 0.717) is 6.54 Å². The predicted octanol–water partition coefficient (Wildman–Crippen LogP) is 1.74. The Hall–Kier alpha value is -2.04. The summed E-state index contributed by atoms with van der Waals surface area (Å²) in [5.74, 6) is -2.52. The van der Waals surface area contributed by atoms with E-state index in [1.807, 2.05) is 18.2 Å². The van der Waals surface area contributed by atoms with E-state index < -0.39 is 17.8 Å². The Kier molecular flexibility index (Phi) is 6.56. The molecule has 0 bridgehead atoms. The number of aliphatic carboxylic acids is 1. The molecular weight excluding hydrogens is 256 g/mol. The number of carbonyl (C=O) groups excluding carboxylic acids is 1. The van der Waals surface area contributed by atoms with Gasteiger partial charge < -0.3 is 15.3 Å². The van der Waals surface area contributed by atoms with Gasteiger partial charge in [0.15, 0.2) is 0 Å². The summed E-state index contributed by atoms with van der Waals surface area (Å²) in [7, 11) is 0. The van der Waals surface area contributed by atoms with Crippen LogP contribution in [0.5, 0.6) is 0 Å². The number of benzene rings is 1. The predicted molar refractivity (Wildman–Crippen MR) is 78.8 cm³/mol. The highest BCUT2D eigenvalue weighted by atomic mass is 16.4. The molecule has 2 N–H and O–H groups in total. The van der Waals surface area contributed by atoms with E-state index in [2.05, 4.69) is 29.3 Å². The van der Waals surface area contributed by atoms with Gasteiger partial charge in [-0.25, -0.2) is 0 Å². The molecule has 0 radical (unpaired) electrons. The minimum atomic E-state index is -1.10. The number of hydrogen-bond acceptors (Lipinski definition) is 3. The molecule has 110 valence electrons. The third-order valence-corrected chi connectivity index (χ3v) is 3.17. The van der Waals surface area contributed by atoms with Crippen molar-refractivity contribution in [3.05, 3.63) is 30.3 Å². The largest absolute Gasteiger partial charge is 0.481 e. The summed E-state index contributed by atoms with van der Waals surface area (Å²) >= 11 is 0. The first-order valence-corrected chi connectivity index (χ1v) is 6.86. The molecule has 0 heterocycles. The lowest BCUT2D eigenvalue weighted by Crippen LogP contribution is -2.35. The third kappa shape index (κ3) is 4.91. The molecule has 0 saturated carbocycles. The zero-order valence-electron chi connectivity index (χ0n) is 12.0. The molecule has 0 saturated heterocycles. The first-order valence-electron chi connectivity index (χ1n) is 6.86. The molecule has 5 heteroatoms. The van der Waals surface area contributed by atoms with E-state index >= 15 is 0 Å². The molecule has 1 amide bonds. The van der Waals surface area contributed by atoms with Crippen LogP contribution in [-0.2, 0) is 9.59 Å². The number of carbonyl (C=O) groups is 2. The van der Waals surface area contributed by atoms with Crippen LogP contribution in [0.25, 0.3) is 0 Å². The van der Waals surface area contributed by atoms with Gasteiger partial charge in [0, 0.05) is 25.3 Å². The second-order valence-electron chi connectivity index (χ2n) is 4.62. The summed E-state index contributed by atoms with van der Waals surface area (Å²) in [6.45, 7) is 5.67. The standard InChI is InChI=1S/C15H22N2O3/c1-3-17(13-8-5-4-6-9-13)11-7-10-16-14(18)12(2)15(19)20/h4-6,8-9,12H,3,7,10-11H2,1-2H3,(H,16,18)(H,19,20). The summed E-state index contributed by atoms with van der Waals surface area (Å²) in [5.41, 5.74) is 1.15. The zero-order chi connectivity index (χ0) is 15.0. The normalized spacial score (nSPS) is 11.7. The van der Waals surface area contributed by atoms with Crippen molar-refractivity contribution >= 4 is 17.6 Å². The Morgan fingerprint density at radius 3 is 2.50 bits per heavy atom. The van der Waals surface area contributed by atoms with Crippen LogP contribution in [0, 0.1) is 5.92 Å². The second-order valence-corrected chi connectivity index (χ2v) is 4.62. The Morgan fingerprint density at radius 1 is 1.30 bits per heavy atom. The fraction of sp³-hybridized carbons (Fsp3) is 0.467. The number of anilines is 1. The van der Waals surface area contributed by atoms with Crippen LogP contribution in [-0.4, -0.2) is 36.6 Å². The second kappa shape index (κ2) is 8.19. The number of nitrogens with zero attached hydrogens (tertiary/aromatic N) is 1. The minimum absolute atomic E-state index is 0.430. The molecule has 0 aliphatic carbocycles. The quantitative estimate of drug-likeness (QED) is 0.561. The number of para-hydroxylation sites is 1. The number of carboxylic acid groups (broad SMARTS) is 1. The van der Waals surface area contributed by atoms with Crippen molar-refractivity contribution in [2.24, 2.45) is 5.92 Å². The topological polar surface area (TPSA) is 69.6 Å². The van der Waals surface area contributed by atoms with Crippen molar-refractivity contribution in [1.82, 2.24) is 5.32 Å². The summed E-state index contributed by atoms with van der Waals surface area (Å²) in [4.78, 5) is 24.3. The molecule has 20 heavy (non-hydrogen) atoms. The summed E-state index contributed by atoms with van der Waals surface area (Å²) in [6.07, 6.45) is 0.779. The highest BCUT2D eigenvalue weighted by Gasteiger charge is 2.19. The van der Waals surface area contributed by atoms with Gasteiger partial charge in [-0.05, 0) is 32.4 Å². The molecule has 1 rings (SSSR count). The van der Waals surface area contributed by atoms with Gasteiger partial charge in [0.25, 0.3) is 0 Å². The molecule has 1 unspecified atom stereocenters. The molecule has 5 nitrogen and oxygen atoms in total. The minimum Gasteiger partial charge on any atom is -0.481 e. The number of carboxylic acids is 1. The molecule has 0 aliphatic rings. The maximum atomic E-state index is 11.5. The highest BCUT2D eigenvalue weighted by molar-refractivity contribution is 5.96. The van der Waals surface area contributed by atoms with E-state index in [4.69, 9.17) is 5.11 Å². The van der Waals surface area contributed by atoms with Crippen molar-refractivity contribution < 1.29 is 14.7 Å². The van der Waals surface area contributed by atoms with Crippen LogP contribution < -0.4 is 10.2 Å². The van der Waals surface area contributed by atoms with Crippen LogP contribution in [0.3, 0.4) is 0 Å². The van der Waals surface area contributed by atoms with Crippen molar-refractivity contribution in [3.63, 3.8) is 0 Å². The first kappa shape index (κ1) is 16.0. The molecule has 1 aromatic carbocycles. The summed E-state index contributed by atoms with van der Waals surface area (Å²) in [6, 6.07) is 10.1. The maximum Gasteiger partial charge on any atom is 0.315 e. The average Bonchev–Trinajstić information content (AvgIpc) is 2.47. The van der Waals surface area contributed by atoms with E-state index in [0.717, 1.165) is 25.2 Å². The van der Waals surface area contributed by atoms with Gasteiger partial charge in [0.1, 0.15) is 5.92 Å². The van der Waals surface area contributed by atoms with E-state index in [-0.39, 0.29) is 0 Å². The molecule has 1 atom stereocenters. The van der Waals surface area contributed by atoms with Gasteiger partial charge >= 0.3 is 5.97 Å². The van der Waals surface area contributed by atoms with Crippen molar-refractivity contribution in [2.75, 3.05) is 24.5 Å². The van der Waals surface area contributed by atoms with Gasteiger partial charge in [-0.2, -0.15) is 0 Å². The molecule has 1 aromatic rings. The van der Waals surface area contributed by atoms with Gasteiger partial charge in [-0.3, -0.25) is 9.59 Å². The zero-order valence-corrected chi connectivity index (χ0v) is 12.0. The van der Waals surface area contributed by atoms with Gasteiger partial charge in [-0.15, -0.1) is 0 Å². The lowest BCUT2D eigenvalue weighted by molar-refractivity contribution is -0.146. The number of rotatable bonds is 8. The van der Waals surface area contributed by atoms with Crippen LogP contribution in [0.15, 0.2) is 30.3 Å². The van der Waals surface area contributed by atoms with Gasteiger partial charge in [-0.1, -0.05) is 18.2 Å². The molecule has 0 fully saturated rings. The summed E-state index contributed by atoms with van der Waals surface area (Å²) in [5, 5.41) is 11.4. The fourth-order valence-corrected chi connectivity index (χ4v) is 1.86. The Bertz CT molecular complexity index is 434. The number of nitrogens with one attached hydrogen (secondary N) is 1. The maximum absolute atomic E-state index is 11.5. The SMILES string of the molecule is CCN(CCCNC(=O)C(C)C(=O)O)c1ccccc1. The van der Waals surface area contributed by atoms with Crippen LogP contribution in [0.4, 0.5) is 5.69 Å². The Labute approximate surface area is 119 Å². The average molecular weight is 278 g/mol.